The number of piperidine rings is 1. The lowest BCUT2D eigenvalue weighted by molar-refractivity contribution is -0.197. The number of carbonyl (C=O) groups is 1. The maximum Gasteiger partial charge on any atom is 0.416 e. The van der Waals surface area contributed by atoms with E-state index in [1.165, 1.54) is 24.3 Å². The molecule has 2 N–H and O–H groups in total. The molecule has 6 nitrogen and oxygen atoms in total. The molecular formula is C31H35F3N2O4. The third-order valence-corrected chi connectivity index (χ3v) is 9.58. The van der Waals surface area contributed by atoms with E-state index < -0.39 is 28.9 Å². The first-order valence-corrected chi connectivity index (χ1v) is 14.0. The Kier molecular flexibility index (Phi) is 6.27. The lowest BCUT2D eigenvalue weighted by Crippen LogP contribution is -2.78. The number of halogens is 3. The normalized spacial score (nSPS) is 30.9. The standard InChI is InChI=1S/C31H35F3N2O4/c1-18(2)17-36(25(38)10-7-19-5-4-6-21(15-19)31(32,33)34)22-11-12-30(39)24-16-20-8-9-23(37)27-26(20)29(30,28(22)40-27)13-14-35(24)3/h4-10,15,18,22,24,28,37,39H,11-14,16-17H2,1-3H3/b10-7+/t22?,24-,28?,29+,30-/m1/s1. The number of carbonyl (C=O) groups excluding carboxylic acids is 1. The maximum atomic E-state index is 13.8. The number of alkyl halides is 3. The highest BCUT2D eigenvalue weighted by Gasteiger charge is 2.73. The number of aromatic hydroxyl groups is 1. The van der Waals surface area contributed by atoms with Gasteiger partial charge in [0.1, 0.15) is 6.10 Å². The second kappa shape index (κ2) is 9.24. The molecule has 2 fully saturated rings. The zero-order valence-electron chi connectivity index (χ0n) is 22.9. The summed E-state index contributed by atoms with van der Waals surface area (Å²) in [7, 11) is 2.03. The molecule has 2 aliphatic carbocycles. The van der Waals surface area contributed by atoms with Crippen molar-refractivity contribution in [2.75, 3.05) is 20.1 Å². The molecule has 2 unspecified atom stereocenters. The topological polar surface area (TPSA) is 73.2 Å². The van der Waals surface area contributed by atoms with Gasteiger partial charge in [-0.1, -0.05) is 32.0 Å². The van der Waals surface area contributed by atoms with Crippen molar-refractivity contribution in [3.8, 4) is 11.5 Å². The average Bonchev–Trinajstić information content (AvgIpc) is 3.25. The number of aliphatic hydroxyl groups is 1. The van der Waals surface area contributed by atoms with Crippen LogP contribution in [0.1, 0.15) is 55.4 Å². The molecule has 1 amide bonds. The number of nitrogens with zero attached hydrogens (tertiary/aromatic N) is 2. The van der Waals surface area contributed by atoms with Crippen molar-refractivity contribution in [1.82, 2.24) is 9.80 Å². The van der Waals surface area contributed by atoms with Gasteiger partial charge in [0, 0.05) is 24.2 Å². The summed E-state index contributed by atoms with van der Waals surface area (Å²) in [6.45, 7) is 5.19. The van der Waals surface area contributed by atoms with Crippen molar-refractivity contribution >= 4 is 12.0 Å². The van der Waals surface area contributed by atoms with Crippen LogP contribution in [-0.2, 0) is 22.8 Å². The zero-order valence-corrected chi connectivity index (χ0v) is 22.9. The third-order valence-electron chi connectivity index (χ3n) is 9.58. The van der Waals surface area contributed by atoms with E-state index in [9.17, 15) is 28.2 Å². The second-order valence-electron chi connectivity index (χ2n) is 12.3. The lowest BCUT2D eigenvalue weighted by atomic mass is 9.48. The van der Waals surface area contributed by atoms with Crippen LogP contribution >= 0.6 is 0 Å². The Morgan fingerprint density at radius 3 is 2.75 bits per heavy atom. The minimum Gasteiger partial charge on any atom is -0.504 e. The number of likely N-dealkylation sites (N-methyl/N-ethyl adjacent to an activating group) is 1. The number of amides is 1. The summed E-state index contributed by atoms with van der Waals surface area (Å²) in [5.41, 5.74) is -0.390. The van der Waals surface area contributed by atoms with Gasteiger partial charge in [-0.25, -0.2) is 0 Å². The Balaban J connectivity index is 1.38. The van der Waals surface area contributed by atoms with E-state index in [0.717, 1.165) is 29.8 Å². The quantitative estimate of drug-likeness (QED) is 0.520. The molecule has 0 radical (unpaired) electrons. The Morgan fingerprint density at radius 1 is 1.25 bits per heavy atom. The molecule has 6 rings (SSSR count). The van der Waals surface area contributed by atoms with E-state index in [1.54, 1.807) is 11.0 Å². The third kappa shape index (κ3) is 3.88. The fourth-order valence-corrected chi connectivity index (χ4v) is 7.91. The first-order chi connectivity index (χ1) is 18.9. The largest absolute Gasteiger partial charge is 0.504 e. The number of likely N-dealkylation sites (tertiary alicyclic amines) is 1. The molecule has 40 heavy (non-hydrogen) atoms. The summed E-state index contributed by atoms with van der Waals surface area (Å²) in [5.74, 6) is 0.246. The zero-order chi connectivity index (χ0) is 28.6. The van der Waals surface area contributed by atoms with Crippen molar-refractivity contribution in [3.63, 3.8) is 0 Å². The van der Waals surface area contributed by atoms with Crippen LogP contribution in [0.25, 0.3) is 6.08 Å². The molecule has 2 heterocycles. The van der Waals surface area contributed by atoms with E-state index >= 15 is 0 Å². The van der Waals surface area contributed by atoms with Gasteiger partial charge >= 0.3 is 6.18 Å². The summed E-state index contributed by atoms with van der Waals surface area (Å²) in [4.78, 5) is 17.7. The first-order valence-electron chi connectivity index (χ1n) is 14.0. The number of rotatable bonds is 5. The smallest absolute Gasteiger partial charge is 0.416 e. The highest BCUT2D eigenvalue weighted by molar-refractivity contribution is 5.92. The van der Waals surface area contributed by atoms with Crippen LogP contribution in [0.2, 0.25) is 0 Å². The van der Waals surface area contributed by atoms with Crippen LogP contribution in [0.5, 0.6) is 11.5 Å². The van der Waals surface area contributed by atoms with Gasteiger partial charge in [-0.05, 0) is 80.6 Å². The second-order valence-corrected chi connectivity index (χ2v) is 12.3. The van der Waals surface area contributed by atoms with Gasteiger partial charge in [0.05, 0.1) is 22.6 Å². The van der Waals surface area contributed by atoms with Crippen molar-refractivity contribution in [3.05, 3.63) is 64.7 Å². The van der Waals surface area contributed by atoms with Gasteiger partial charge in [0.25, 0.3) is 0 Å². The van der Waals surface area contributed by atoms with Crippen molar-refractivity contribution < 1.29 is 32.9 Å². The summed E-state index contributed by atoms with van der Waals surface area (Å²) < 4.78 is 46.2. The molecule has 2 aliphatic heterocycles. The molecule has 214 valence electrons. The van der Waals surface area contributed by atoms with Crippen LogP contribution in [0.3, 0.4) is 0 Å². The maximum absolute atomic E-state index is 13.8. The van der Waals surface area contributed by atoms with Gasteiger partial charge in [-0.2, -0.15) is 13.2 Å². The number of phenols is 1. The van der Waals surface area contributed by atoms with E-state index in [1.807, 2.05) is 27.0 Å². The number of hydrogen-bond donors (Lipinski definition) is 2. The average molecular weight is 557 g/mol. The molecular weight excluding hydrogens is 521 g/mol. The summed E-state index contributed by atoms with van der Waals surface area (Å²) in [6, 6.07) is 7.97. The van der Waals surface area contributed by atoms with Crippen LogP contribution in [0.15, 0.2) is 42.5 Å². The van der Waals surface area contributed by atoms with Crippen molar-refractivity contribution in [2.45, 2.75) is 74.9 Å². The molecule has 5 atom stereocenters. The van der Waals surface area contributed by atoms with Gasteiger partial charge in [-0.15, -0.1) is 0 Å². The Labute approximate surface area is 232 Å². The van der Waals surface area contributed by atoms with Crippen LogP contribution in [0.4, 0.5) is 13.2 Å². The summed E-state index contributed by atoms with van der Waals surface area (Å²) in [5, 5.41) is 23.2. The molecule has 1 spiro atoms. The van der Waals surface area contributed by atoms with Gasteiger partial charge in [-0.3, -0.25) is 4.79 Å². The monoisotopic (exact) mass is 556 g/mol. The highest BCUT2D eigenvalue weighted by atomic mass is 19.4. The molecule has 1 saturated carbocycles. The van der Waals surface area contributed by atoms with Crippen LogP contribution in [-0.4, -0.2) is 69.8 Å². The summed E-state index contributed by atoms with van der Waals surface area (Å²) >= 11 is 0. The lowest BCUT2D eigenvalue weighted by Gasteiger charge is -2.64. The number of hydrogen-bond acceptors (Lipinski definition) is 5. The fraction of sp³-hybridized carbons (Fsp3) is 0.516. The highest BCUT2D eigenvalue weighted by Crippen LogP contribution is 2.65. The Morgan fingerprint density at radius 2 is 2.02 bits per heavy atom. The number of benzene rings is 2. The van der Waals surface area contributed by atoms with Gasteiger partial charge < -0.3 is 24.7 Å². The van der Waals surface area contributed by atoms with Crippen molar-refractivity contribution in [2.24, 2.45) is 5.92 Å². The predicted octanol–water partition coefficient (Wildman–Crippen LogP) is 4.76. The van der Waals surface area contributed by atoms with Crippen LogP contribution in [0, 0.1) is 5.92 Å². The van der Waals surface area contributed by atoms with Gasteiger partial charge in [0.15, 0.2) is 11.5 Å². The van der Waals surface area contributed by atoms with Gasteiger partial charge in [0.2, 0.25) is 5.91 Å². The van der Waals surface area contributed by atoms with E-state index in [0.29, 0.717) is 38.0 Å². The molecule has 2 aromatic rings. The number of phenolic OH excluding ortho intramolecular Hbond substituents is 1. The van der Waals surface area contributed by atoms with E-state index in [2.05, 4.69) is 4.90 Å². The van der Waals surface area contributed by atoms with Crippen molar-refractivity contribution in [1.29, 1.82) is 0 Å². The van der Waals surface area contributed by atoms with E-state index in [4.69, 9.17) is 4.74 Å². The minimum absolute atomic E-state index is 0.0344. The fourth-order valence-electron chi connectivity index (χ4n) is 7.91. The molecule has 9 heteroatoms. The SMILES string of the molecule is CC(C)CN(C(=O)/C=C/c1cccc(C(F)(F)F)c1)C1CC[C@@]2(O)[C@H]3Cc4ccc(O)c5c4[C@@]2(CCN3C)C1O5. The Hall–Kier alpha value is -3.04. The summed E-state index contributed by atoms with van der Waals surface area (Å²) in [6.07, 6.45) is -0.0109. The molecule has 2 bridgehead atoms. The molecule has 4 aliphatic rings. The first kappa shape index (κ1) is 27.1. The Bertz CT molecular complexity index is 1370. The van der Waals surface area contributed by atoms with E-state index in [-0.39, 0.29) is 35.2 Å². The molecule has 1 saturated heterocycles. The van der Waals surface area contributed by atoms with Crippen LogP contribution < -0.4 is 4.74 Å². The number of ether oxygens (including phenoxy) is 1. The predicted molar refractivity (Wildman–Crippen MR) is 144 cm³/mol. The minimum atomic E-state index is -4.47. The molecule has 0 aromatic heterocycles. The molecule has 2 aromatic carbocycles.